The van der Waals surface area contributed by atoms with E-state index in [2.05, 4.69) is 32.3 Å². The van der Waals surface area contributed by atoms with Crippen molar-refractivity contribution < 1.29 is 12.9 Å². The summed E-state index contributed by atoms with van der Waals surface area (Å²) in [6, 6.07) is 8.15. The van der Waals surface area contributed by atoms with E-state index in [1.807, 2.05) is 24.3 Å². The Labute approximate surface area is 171 Å². The van der Waals surface area contributed by atoms with Gasteiger partial charge in [0.05, 0.1) is 17.5 Å². The maximum Gasteiger partial charge on any atom is 0.257 e. The summed E-state index contributed by atoms with van der Waals surface area (Å²) in [7, 11) is -0.785. The number of nitrogens with one attached hydrogen (secondary N) is 1. The van der Waals surface area contributed by atoms with Crippen LogP contribution in [0.5, 0.6) is 0 Å². The van der Waals surface area contributed by atoms with E-state index in [1.165, 1.54) is 0 Å². The quantitative estimate of drug-likeness (QED) is 0.771. The molecule has 1 atom stereocenters. The zero-order valence-corrected chi connectivity index (χ0v) is 17.5. The highest BCUT2D eigenvalue weighted by Gasteiger charge is 2.26. The first-order valence-corrected chi connectivity index (χ1v) is 11.1. The standard InChI is InChI=1S/C18H25N5O3S.ClH/c1-22-6-5-19-12-16(22)17-20-18(26-21-17)15-4-2-3-14(11-15)13-23-7-9-27(24,25)10-8-23;/h2-4,11,16,19H,5-10,12-13H2,1H3;1H. The number of halogens is 1. The van der Waals surface area contributed by atoms with Crippen LogP contribution in [0.4, 0.5) is 0 Å². The van der Waals surface area contributed by atoms with E-state index in [0.717, 1.165) is 37.3 Å². The fraction of sp³-hybridized carbons (Fsp3) is 0.556. The van der Waals surface area contributed by atoms with Crippen molar-refractivity contribution in [3.63, 3.8) is 0 Å². The Morgan fingerprint density at radius 1 is 1.25 bits per heavy atom. The zero-order chi connectivity index (χ0) is 18.9. The SMILES string of the molecule is CN1CCNCC1c1noc(-c2cccc(CN3CCS(=O)(=O)CC3)c2)n1.Cl. The molecule has 4 rings (SSSR count). The lowest BCUT2D eigenvalue weighted by Crippen LogP contribution is -2.44. The lowest BCUT2D eigenvalue weighted by atomic mass is 10.1. The largest absolute Gasteiger partial charge is 0.334 e. The van der Waals surface area contributed by atoms with Crippen LogP contribution in [-0.4, -0.2) is 79.6 Å². The van der Waals surface area contributed by atoms with Gasteiger partial charge in [-0.05, 0) is 24.7 Å². The van der Waals surface area contributed by atoms with Gasteiger partial charge in [-0.1, -0.05) is 17.3 Å². The second-order valence-corrected chi connectivity index (χ2v) is 9.59. The molecule has 1 aromatic carbocycles. The number of aromatic nitrogens is 2. The van der Waals surface area contributed by atoms with Crippen LogP contribution in [0.3, 0.4) is 0 Å². The van der Waals surface area contributed by atoms with E-state index in [-0.39, 0.29) is 30.0 Å². The summed E-state index contributed by atoms with van der Waals surface area (Å²) >= 11 is 0. The Balaban J connectivity index is 0.00000225. The summed E-state index contributed by atoms with van der Waals surface area (Å²) < 4.78 is 28.7. The Hall–Kier alpha value is -1.52. The van der Waals surface area contributed by atoms with Crippen LogP contribution in [0.15, 0.2) is 28.8 Å². The van der Waals surface area contributed by atoms with Gasteiger partial charge in [-0.2, -0.15) is 4.98 Å². The van der Waals surface area contributed by atoms with Crippen LogP contribution < -0.4 is 5.32 Å². The van der Waals surface area contributed by atoms with Gasteiger partial charge in [-0.3, -0.25) is 9.80 Å². The van der Waals surface area contributed by atoms with Gasteiger partial charge in [-0.25, -0.2) is 8.42 Å². The molecule has 1 unspecified atom stereocenters. The summed E-state index contributed by atoms with van der Waals surface area (Å²) in [5.74, 6) is 1.70. The predicted octanol–water partition coefficient (Wildman–Crippen LogP) is 0.965. The molecule has 0 spiro atoms. The van der Waals surface area contributed by atoms with Gasteiger partial charge < -0.3 is 9.84 Å². The maximum absolute atomic E-state index is 11.6. The second-order valence-electron chi connectivity index (χ2n) is 7.29. The zero-order valence-electron chi connectivity index (χ0n) is 15.9. The molecule has 1 aromatic heterocycles. The average Bonchev–Trinajstić information content (AvgIpc) is 3.14. The molecule has 0 amide bonds. The molecule has 0 aliphatic carbocycles. The first-order chi connectivity index (χ1) is 13.0. The minimum absolute atomic E-state index is 0. The number of piperazine rings is 1. The lowest BCUT2D eigenvalue weighted by molar-refractivity contribution is 0.190. The van der Waals surface area contributed by atoms with Gasteiger partial charge in [0.2, 0.25) is 0 Å². The van der Waals surface area contributed by atoms with E-state index >= 15 is 0 Å². The molecule has 2 aromatic rings. The van der Waals surface area contributed by atoms with Crippen molar-refractivity contribution in [2.45, 2.75) is 12.6 Å². The molecule has 28 heavy (non-hydrogen) atoms. The highest BCUT2D eigenvalue weighted by atomic mass is 35.5. The average molecular weight is 428 g/mol. The van der Waals surface area contributed by atoms with Crippen molar-refractivity contribution in [3.8, 4) is 11.5 Å². The van der Waals surface area contributed by atoms with Crippen LogP contribution in [0, 0.1) is 0 Å². The highest BCUT2D eigenvalue weighted by molar-refractivity contribution is 7.91. The number of rotatable bonds is 4. The normalized spacial score (nSPS) is 23.2. The van der Waals surface area contributed by atoms with Crippen LogP contribution in [0.2, 0.25) is 0 Å². The molecule has 10 heteroatoms. The van der Waals surface area contributed by atoms with Gasteiger partial charge in [-0.15, -0.1) is 12.4 Å². The summed E-state index contributed by atoms with van der Waals surface area (Å²) in [6.07, 6.45) is 0. The summed E-state index contributed by atoms with van der Waals surface area (Å²) in [5.41, 5.74) is 2.00. The molecule has 2 aliphatic rings. The number of hydrogen-bond donors (Lipinski definition) is 1. The smallest absolute Gasteiger partial charge is 0.257 e. The predicted molar refractivity (Wildman–Crippen MR) is 109 cm³/mol. The van der Waals surface area contributed by atoms with Crippen molar-refractivity contribution in [2.24, 2.45) is 0 Å². The molecular weight excluding hydrogens is 402 g/mol. The minimum atomic E-state index is -2.86. The first-order valence-electron chi connectivity index (χ1n) is 9.27. The molecule has 0 saturated carbocycles. The third-order valence-electron chi connectivity index (χ3n) is 5.27. The number of benzene rings is 1. The Kier molecular flexibility index (Phi) is 6.72. The third kappa shape index (κ3) is 4.90. The van der Waals surface area contributed by atoms with E-state index in [0.29, 0.717) is 24.8 Å². The fourth-order valence-corrected chi connectivity index (χ4v) is 4.83. The van der Waals surface area contributed by atoms with E-state index in [9.17, 15) is 8.42 Å². The molecular formula is C18H26ClN5O3S. The number of hydrogen-bond acceptors (Lipinski definition) is 8. The molecule has 0 radical (unpaired) electrons. The Morgan fingerprint density at radius 3 is 2.79 bits per heavy atom. The maximum atomic E-state index is 11.6. The Morgan fingerprint density at radius 2 is 2.04 bits per heavy atom. The van der Waals surface area contributed by atoms with Crippen LogP contribution in [-0.2, 0) is 16.4 Å². The monoisotopic (exact) mass is 427 g/mol. The third-order valence-corrected chi connectivity index (χ3v) is 6.88. The fourth-order valence-electron chi connectivity index (χ4n) is 3.55. The molecule has 154 valence electrons. The van der Waals surface area contributed by atoms with E-state index in [1.54, 1.807) is 0 Å². The van der Waals surface area contributed by atoms with Gasteiger partial charge >= 0.3 is 0 Å². The van der Waals surface area contributed by atoms with E-state index in [4.69, 9.17) is 4.52 Å². The van der Waals surface area contributed by atoms with Gasteiger partial charge in [0, 0.05) is 44.8 Å². The van der Waals surface area contributed by atoms with E-state index < -0.39 is 9.84 Å². The lowest BCUT2D eigenvalue weighted by Gasteiger charge is -2.30. The molecule has 2 fully saturated rings. The molecule has 1 N–H and O–H groups in total. The second kappa shape index (κ2) is 8.87. The molecule has 8 nitrogen and oxygen atoms in total. The first kappa shape index (κ1) is 21.2. The van der Waals surface area contributed by atoms with Crippen molar-refractivity contribution in [1.29, 1.82) is 0 Å². The summed E-state index contributed by atoms with van der Waals surface area (Å²) in [5, 5.41) is 7.54. The van der Waals surface area contributed by atoms with Crippen molar-refractivity contribution in [3.05, 3.63) is 35.7 Å². The summed E-state index contributed by atoms with van der Waals surface area (Å²) in [4.78, 5) is 9.01. The van der Waals surface area contributed by atoms with Crippen LogP contribution in [0.25, 0.3) is 11.5 Å². The molecule has 0 bridgehead atoms. The summed E-state index contributed by atoms with van der Waals surface area (Å²) in [6.45, 7) is 4.62. The van der Waals surface area contributed by atoms with Crippen molar-refractivity contribution in [1.82, 2.24) is 25.3 Å². The minimum Gasteiger partial charge on any atom is -0.334 e. The number of sulfone groups is 1. The molecule has 3 heterocycles. The van der Waals surface area contributed by atoms with Gasteiger partial charge in [0.15, 0.2) is 15.7 Å². The Bertz CT molecular complexity index is 890. The van der Waals surface area contributed by atoms with Crippen molar-refractivity contribution in [2.75, 3.05) is 51.3 Å². The highest BCUT2D eigenvalue weighted by Crippen LogP contribution is 2.24. The molecule has 2 aliphatic heterocycles. The van der Waals surface area contributed by atoms with Crippen LogP contribution >= 0.6 is 12.4 Å². The van der Waals surface area contributed by atoms with Gasteiger partial charge in [0.1, 0.15) is 0 Å². The van der Waals surface area contributed by atoms with Gasteiger partial charge in [0.25, 0.3) is 5.89 Å². The topological polar surface area (TPSA) is 91.6 Å². The molecule has 2 saturated heterocycles. The number of nitrogens with zero attached hydrogens (tertiary/aromatic N) is 4. The number of likely N-dealkylation sites (N-methyl/N-ethyl adjacent to an activating group) is 1. The van der Waals surface area contributed by atoms with Crippen LogP contribution in [0.1, 0.15) is 17.4 Å². The van der Waals surface area contributed by atoms with Crippen molar-refractivity contribution >= 4 is 22.2 Å².